The predicted molar refractivity (Wildman–Crippen MR) is 192 cm³/mol. The molecular weight excluding hydrogens is 644 g/mol. The number of pyridine rings is 1. The second kappa shape index (κ2) is 13.0. The van der Waals surface area contributed by atoms with E-state index in [1.807, 2.05) is 40.1 Å². The second-order valence-corrected chi connectivity index (χ2v) is 13.3. The molecule has 5 aromatic rings. The Hall–Kier alpha value is -6.10. The van der Waals surface area contributed by atoms with Crippen LogP contribution in [0.4, 0.5) is 5.69 Å². The van der Waals surface area contributed by atoms with Gasteiger partial charge in [-0.15, -0.1) is 0 Å². The minimum absolute atomic E-state index is 0.0413. The van der Waals surface area contributed by atoms with Crippen molar-refractivity contribution in [3.05, 3.63) is 107 Å². The number of anilines is 1. The van der Waals surface area contributed by atoms with Crippen molar-refractivity contribution in [1.82, 2.24) is 25.1 Å². The molecule has 0 saturated carbocycles. The molecule has 1 unspecified atom stereocenters. The Balaban J connectivity index is 0.987. The molecule has 0 radical (unpaired) electrons. The number of rotatable bonds is 7. The highest BCUT2D eigenvalue weighted by Crippen LogP contribution is 2.38. The van der Waals surface area contributed by atoms with Gasteiger partial charge < -0.3 is 14.8 Å². The maximum atomic E-state index is 13.7. The monoisotopic (exact) mass is 680 g/mol. The van der Waals surface area contributed by atoms with E-state index in [9.17, 15) is 24.0 Å². The number of aryl methyl sites for hydroxylation is 2. The largest absolute Gasteiger partial charge is 0.367 e. The minimum atomic E-state index is -1.03. The molecule has 11 nitrogen and oxygen atoms in total. The van der Waals surface area contributed by atoms with E-state index in [1.165, 1.54) is 0 Å². The normalized spacial score (nSPS) is 17.7. The Morgan fingerprint density at radius 2 is 1.65 bits per heavy atom. The van der Waals surface area contributed by atoms with Gasteiger partial charge in [-0.05, 0) is 60.7 Å². The Labute approximate surface area is 294 Å². The molecule has 0 spiro atoms. The molecular formula is C40H36N6O5. The number of carbonyl (C=O) groups excluding carboxylic acids is 5. The van der Waals surface area contributed by atoms with E-state index in [-0.39, 0.29) is 29.9 Å². The van der Waals surface area contributed by atoms with Crippen LogP contribution in [0.5, 0.6) is 0 Å². The number of amides is 5. The number of fused-ring (bicyclic) bond motifs is 2. The van der Waals surface area contributed by atoms with Gasteiger partial charge in [0.15, 0.2) is 0 Å². The van der Waals surface area contributed by atoms with E-state index >= 15 is 0 Å². The van der Waals surface area contributed by atoms with Crippen LogP contribution >= 0.6 is 0 Å². The van der Waals surface area contributed by atoms with Crippen LogP contribution in [0.1, 0.15) is 51.1 Å². The molecule has 3 aromatic carbocycles. The Kier molecular flexibility index (Phi) is 8.18. The summed E-state index contributed by atoms with van der Waals surface area (Å²) >= 11 is 0. The Morgan fingerprint density at radius 3 is 2.43 bits per heavy atom. The molecule has 2 aromatic heterocycles. The number of nitrogens with zero attached hydrogens (tertiary/aromatic N) is 4. The number of benzene rings is 3. The van der Waals surface area contributed by atoms with Crippen molar-refractivity contribution in [2.24, 2.45) is 0 Å². The molecule has 256 valence electrons. The van der Waals surface area contributed by atoms with Gasteiger partial charge in [-0.3, -0.25) is 34.2 Å². The molecule has 8 rings (SSSR count). The summed E-state index contributed by atoms with van der Waals surface area (Å²) in [7, 11) is 0. The number of hydrogen-bond acceptors (Lipinski definition) is 7. The van der Waals surface area contributed by atoms with Gasteiger partial charge in [0.05, 0.1) is 22.5 Å². The summed E-state index contributed by atoms with van der Waals surface area (Å²) in [5.74, 6) is -2.08. The van der Waals surface area contributed by atoms with E-state index in [1.54, 1.807) is 24.4 Å². The van der Waals surface area contributed by atoms with Crippen molar-refractivity contribution in [2.45, 2.75) is 38.6 Å². The summed E-state index contributed by atoms with van der Waals surface area (Å²) in [5, 5.41) is 3.23. The number of H-pyrrole nitrogens is 1. The van der Waals surface area contributed by atoms with Crippen molar-refractivity contribution >= 4 is 46.3 Å². The van der Waals surface area contributed by atoms with Crippen molar-refractivity contribution in [3.8, 4) is 22.4 Å². The van der Waals surface area contributed by atoms with Crippen molar-refractivity contribution in [1.29, 1.82) is 0 Å². The molecule has 2 fully saturated rings. The summed E-state index contributed by atoms with van der Waals surface area (Å²) in [6, 6.07) is 24.8. The standard InChI is InChI=1S/C40H36N6O5/c1-24-12-13-27(30(23-24)25-7-3-2-4-8-25)36-26(28-10-6-18-41-37(28)43-36)14-17-34(48)45-21-19-44(20-22-45)31-11-5-9-29-35(31)40(51)46(39(29)50)32-15-16-33(47)42-38(32)49/h2-13,18,23,32H,14-17,19-22H2,1H3,(H,41,43)(H,42,47,49). The van der Waals surface area contributed by atoms with Crippen LogP contribution < -0.4 is 10.2 Å². The fourth-order valence-corrected chi connectivity index (χ4v) is 7.65. The smallest absolute Gasteiger partial charge is 0.264 e. The van der Waals surface area contributed by atoms with Gasteiger partial charge in [0.1, 0.15) is 11.7 Å². The zero-order valence-electron chi connectivity index (χ0n) is 28.1. The van der Waals surface area contributed by atoms with Crippen LogP contribution in [0.3, 0.4) is 0 Å². The molecule has 51 heavy (non-hydrogen) atoms. The third kappa shape index (κ3) is 5.74. The molecule has 2 N–H and O–H groups in total. The number of aromatic amines is 1. The quantitative estimate of drug-likeness (QED) is 0.234. The molecule has 5 amide bonds. The maximum Gasteiger partial charge on any atom is 0.264 e. The molecule has 3 aliphatic rings. The summed E-state index contributed by atoms with van der Waals surface area (Å²) in [6.45, 7) is 3.96. The van der Waals surface area contributed by atoms with Crippen molar-refractivity contribution in [2.75, 3.05) is 31.1 Å². The number of piperazine rings is 1. The van der Waals surface area contributed by atoms with Gasteiger partial charge in [-0.25, -0.2) is 4.98 Å². The molecule has 11 heteroatoms. The molecule has 2 saturated heterocycles. The lowest BCUT2D eigenvalue weighted by Gasteiger charge is -2.37. The lowest BCUT2D eigenvalue weighted by molar-refractivity contribution is -0.136. The SMILES string of the molecule is Cc1ccc(-c2[nH]c3ncccc3c2CCC(=O)N2CCN(c3cccc4c3C(=O)N(C3CCC(=O)NC3=O)C4=O)CC2)c(-c2ccccc2)c1. The third-order valence-corrected chi connectivity index (χ3v) is 10.2. The van der Waals surface area contributed by atoms with Crippen LogP contribution in [0, 0.1) is 6.92 Å². The van der Waals surface area contributed by atoms with E-state index < -0.39 is 29.7 Å². The van der Waals surface area contributed by atoms with E-state index in [2.05, 4.69) is 52.5 Å². The second-order valence-electron chi connectivity index (χ2n) is 13.3. The number of piperidine rings is 1. The van der Waals surface area contributed by atoms with Gasteiger partial charge >= 0.3 is 0 Å². The first kappa shape index (κ1) is 32.1. The van der Waals surface area contributed by atoms with E-state index in [0.717, 1.165) is 49.4 Å². The van der Waals surface area contributed by atoms with E-state index in [0.29, 0.717) is 44.7 Å². The molecule has 3 aliphatic heterocycles. The number of aromatic nitrogens is 2. The highest BCUT2D eigenvalue weighted by Gasteiger charge is 2.46. The number of imide groups is 2. The molecule has 0 aliphatic carbocycles. The highest BCUT2D eigenvalue weighted by molar-refractivity contribution is 6.25. The van der Waals surface area contributed by atoms with Crippen LogP contribution in [0.15, 0.2) is 85.1 Å². The van der Waals surface area contributed by atoms with Crippen molar-refractivity contribution in [3.63, 3.8) is 0 Å². The summed E-state index contributed by atoms with van der Waals surface area (Å²) < 4.78 is 0. The summed E-state index contributed by atoms with van der Waals surface area (Å²) in [6.07, 6.45) is 2.77. The topological polar surface area (TPSA) is 136 Å². The summed E-state index contributed by atoms with van der Waals surface area (Å²) in [4.78, 5) is 78.0. The van der Waals surface area contributed by atoms with Gasteiger partial charge in [0.25, 0.3) is 11.8 Å². The maximum absolute atomic E-state index is 13.7. The first-order chi connectivity index (χ1) is 24.8. The number of carbonyl (C=O) groups is 5. The zero-order chi connectivity index (χ0) is 35.2. The fraction of sp³-hybridized carbons (Fsp3) is 0.250. The minimum Gasteiger partial charge on any atom is -0.367 e. The number of nitrogens with one attached hydrogen (secondary N) is 2. The lowest BCUT2D eigenvalue weighted by atomic mass is 9.92. The predicted octanol–water partition coefficient (Wildman–Crippen LogP) is 4.89. The Bertz CT molecular complexity index is 2240. The number of hydrogen-bond donors (Lipinski definition) is 2. The molecule has 5 heterocycles. The first-order valence-corrected chi connectivity index (χ1v) is 17.3. The first-order valence-electron chi connectivity index (χ1n) is 17.3. The van der Waals surface area contributed by atoms with Crippen LogP contribution in [0.25, 0.3) is 33.4 Å². The Morgan fingerprint density at radius 1 is 0.843 bits per heavy atom. The molecule has 1 atom stereocenters. The highest BCUT2D eigenvalue weighted by atomic mass is 16.2. The third-order valence-electron chi connectivity index (χ3n) is 10.2. The van der Waals surface area contributed by atoms with E-state index in [4.69, 9.17) is 0 Å². The average molecular weight is 681 g/mol. The van der Waals surface area contributed by atoms with Gasteiger partial charge in [-0.2, -0.15) is 0 Å². The van der Waals surface area contributed by atoms with Crippen LogP contribution in [-0.2, 0) is 20.8 Å². The summed E-state index contributed by atoms with van der Waals surface area (Å²) in [5.41, 5.74) is 8.34. The van der Waals surface area contributed by atoms with Crippen LogP contribution in [0.2, 0.25) is 0 Å². The average Bonchev–Trinajstić information content (AvgIpc) is 3.64. The lowest BCUT2D eigenvalue weighted by Crippen LogP contribution is -2.54. The van der Waals surface area contributed by atoms with Gasteiger partial charge in [0, 0.05) is 56.2 Å². The fourth-order valence-electron chi connectivity index (χ4n) is 7.65. The zero-order valence-corrected chi connectivity index (χ0v) is 28.1. The molecule has 0 bridgehead atoms. The van der Waals surface area contributed by atoms with Gasteiger partial charge in [0.2, 0.25) is 17.7 Å². The van der Waals surface area contributed by atoms with Crippen LogP contribution in [-0.4, -0.2) is 81.5 Å². The van der Waals surface area contributed by atoms with Gasteiger partial charge in [-0.1, -0.05) is 60.2 Å². The van der Waals surface area contributed by atoms with Crippen molar-refractivity contribution < 1.29 is 24.0 Å².